The van der Waals surface area contributed by atoms with Gasteiger partial charge in [-0.15, -0.1) is 11.8 Å². The third kappa shape index (κ3) is 4.58. The SMILES string of the molecule is CC(C)CSc1ccc(Br)cc1CCN. The average molecular weight is 288 g/mol. The lowest BCUT2D eigenvalue weighted by molar-refractivity contribution is 0.750. The van der Waals surface area contributed by atoms with Crippen molar-refractivity contribution in [2.24, 2.45) is 11.7 Å². The molecular formula is C12H18BrNS. The van der Waals surface area contributed by atoms with Crippen LogP contribution in [0.15, 0.2) is 27.6 Å². The van der Waals surface area contributed by atoms with Crippen LogP contribution in [0.2, 0.25) is 0 Å². The molecule has 0 aliphatic heterocycles. The topological polar surface area (TPSA) is 26.0 Å². The Kier molecular flexibility index (Phi) is 5.72. The molecule has 1 rings (SSSR count). The van der Waals surface area contributed by atoms with E-state index in [2.05, 4.69) is 48.0 Å². The molecule has 84 valence electrons. The van der Waals surface area contributed by atoms with Crippen molar-refractivity contribution >= 4 is 27.7 Å². The maximum atomic E-state index is 5.61. The van der Waals surface area contributed by atoms with E-state index < -0.39 is 0 Å². The van der Waals surface area contributed by atoms with E-state index in [1.165, 1.54) is 16.2 Å². The van der Waals surface area contributed by atoms with E-state index in [-0.39, 0.29) is 0 Å². The van der Waals surface area contributed by atoms with Crippen LogP contribution in [-0.2, 0) is 6.42 Å². The Labute approximate surface area is 105 Å². The Hall–Kier alpha value is 0.01000. The molecule has 0 saturated carbocycles. The van der Waals surface area contributed by atoms with E-state index in [4.69, 9.17) is 5.73 Å². The van der Waals surface area contributed by atoms with Gasteiger partial charge in [-0.2, -0.15) is 0 Å². The molecule has 0 bridgehead atoms. The minimum Gasteiger partial charge on any atom is -0.330 e. The molecule has 2 N–H and O–H groups in total. The zero-order valence-electron chi connectivity index (χ0n) is 9.29. The third-order valence-electron chi connectivity index (χ3n) is 2.01. The molecule has 0 aromatic heterocycles. The van der Waals surface area contributed by atoms with Crippen molar-refractivity contribution < 1.29 is 0 Å². The lowest BCUT2D eigenvalue weighted by Gasteiger charge is -2.10. The highest BCUT2D eigenvalue weighted by molar-refractivity contribution is 9.10. The van der Waals surface area contributed by atoms with Crippen LogP contribution in [0.1, 0.15) is 19.4 Å². The molecule has 1 nitrogen and oxygen atoms in total. The summed E-state index contributed by atoms with van der Waals surface area (Å²) in [7, 11) is 0. The van der Waals surface area contributed by atoms with E-state index >= 15 is 0 Å². The van der Waals surface area contributed by atoms with E-state index in [0.29, 0.717) is 6.54 Å². The Morgan fingerprint density at radius 2 is 2.13 bits per heavy atom. The predicted molar refractivity (Wildman–Crippen MR) is 72.5 cm³/mol. The van der Waals surface area contributed by atoms with Gasteiger partial charge in [0, 0.05) is 15.1 Å². The summed E-state index contributed by atoms with van der Waals surface area (Å²) in [5.41, 5.74) is 6.97. The monoisotopic (exact) mass is 287 g/mol. The van der Waals surface area contributed by atoms with Gasteiger partial charge in [0.25, 0.3) is 0 Å². The second kappa shape index (κ2) is 6.56. The summed E-state index contributed by atoms with van der Waals surface area (Å²) in [5.74, 6) is 1.89. The maximum absolute atomic E-state index is 5.61. The molecule has 0 heterocycles. The van der Waals surface area contributed by atoms with Crippen LogP contribution in [0.25, 0.3) is 0 Å². The summed E-state index contributed by atoms with van der Waals surface area (Å²) >= 11 is 5.42. The van der Waals surface area contributed by atoms with Crippen LogP contribution in [0.3, 0.4) is 0 Å². The van der Waals surface area contributed by atoms with Crippen molar-refractivity contribution in [3.05, 3.63) is 28.2 Å². The number of benzene rings is 1. The highest BCUT2D eigenvalue weighted by atomic mass is 79.9. The molecule has 0 fully saturated rings. The maximum Gasteiger partial charge on any atom is 0.0178 e. The van der Waals surface area contributed by atoms with Crippen molar-refractivity contribution in [3.63, 3.8) is 0 Å². The summed E-state index contributed by atoms with van der Waals surface area (Å²) in [4.78, 5) is 1.37. The Bertz CT molecular complexity index is 312. The van der Waals surface area contributed by atoms with Crippen LogP contribution >= 0.6 is 27.7 Å². The molecule has 0 unspecified atom stereocenters. The molecule has 1 aromatic rings. The molecule has 0 aliphatic carbocycles. The van der Waals surface area contributed by atoms with Gasteiger partial charge in [-0.3, -0.25) is 0 Å². The molecule has 15 heavy (non-hydrogen) atoms. The Morgan fingerprint density at radius 3 is 2.73 bits per heavy atom. The van der Waals surface area contributed by atoms with Gasteiger partial charge in [0.1, 0.15) is 0 Å². The molecule has 0 spiro atoms. The average Bonchev–Trinajstić information content (AvgIpc) is 2.17. The summed E-state index contributed by atoms with van der Waals surface area (Å²) in [6.07, 6.45) is 0.958. The van der Waals surface area contributed by atoms with Gasteiger partial charge >= 0.3 is 0 Å². The summed E-state index contributed by atoms with van der Waals surface area (Å²) in [6.45, 7) is 5.20. The number of nitrogens with two attached hydrogens (primary N) is 1. The molecule has 0 atom stereocenters. The molecular weight excluding hydrogens is 270 g/mol. The Morgan fingerprint density at radius 1 is 1.40 bits per heavy atom. The number of hydrogen-bond donors (Lipinski definition) is 1. The van der Waals surface area contributed by atoms with Gasteiger partial charge in [-0.25, -0.2) is 0 Å². The molecule has 1 aromatic carbocycles. The largest absolute Gasteiger partial charge is 0.330 e. The molecule has 0 saturated heterocycles. The first-order valence-corrected chi connectivity index (χ1v) is 7.02. The van der Waals surface area contributed by atoms with Gasteiger partial charge in [0.05, 0.1) is 0 Å². The minimum absolute atomic E-state index is 0.714. The zero-order valence-corrected chi connectivity index (χ0v) is 11.7. The van der Waals surface area contributed by atoms with Crippen LogP contribution in [0.4, 0.5) is 0 Å². The van der Waals surface area contributed by atoms with E-state index in [1.807, 2.05) is 11.8 Å². The highest BCUT2D eigenvalue weighted by Crippen LogP contribution is 2.27. The lowest BCUT2D eigenvalue weighted by Crippen LogP contribution is -2.04. The quantitative estimate of drug-likeness (QED) is 0.836. The zero-order chi connectivity index (χ0) is 11.3. The third-order valence-corrected chi connectivity index (χ3v) is 4.04. The first-order valence-electron chi connectivity index (χ1n) is 5.24. The van der Waals surface area contributed by atoms with Crippen LogP contribution in [-0.4, -0.2) is 12.3 Å². The molecule has 3 heteroatoms. The molecule has 0 amide bonds. The van der Waals surface area contributed by atoms with Crippen molar-refractivity contribution in [3.8, 4) is 0 Å². The fourth-order valence-corrected chi connectivity index (χ4v) is 2.73. The predicted octanol–water partition coefficient (Wildman–Crippen LogP) is 3.70. The minimum atomic E-state index is 0.714. The van der Waals surface area contributed by atoms with Crippen LogP contribution < -0.4 is 5.73 Å². The van der Waals surface area contributed by atoms with Gasteiger partial charge in [0.2, 0.25) is 0 Å². The van der Waals surface area contributed by atoms with Gasteiger partial charge < -0.3 is 5.73 Å². The van der Waals surface area contributed by atoms with E-state index in [9.17, 15) is 0 Å². The smallest absolute Gasteiger partial charge is 0.0178 e. The van der Waals surface area contributed by atoms with Gasteiger partial charge in [-0.05, 0) is 42.6 Å². The van der Waals surface area contributed by atoms with Crippen molar-refractivity contribution in [1.82, 2.24) is 0 Å². The van der Waals surface area contributed by atoms with Gasteiger partial charge in [0.15, 0.2) is 0 Å². The van der Waals surface area contributed by atoms with Crippen molar-refractivity contribution in [1.29, 1.82) is 0 Å². The van der Waals surface area contributed by atoms with Crippen molar-refractivity contribution in [2.75, 3.05) is 12.3 Å². The molecule has 0 radical (unpaired) electrons. The number of rotatable bonds is 5. The molecule has 0 aliphatic rings. The number of thioether (sulfide) groups is 1. The first kappa shape index (κ1) is 13.1. The summed E-state index contributed by atoms with van der Waals surface area (Å²) in [6, 6.07) is 6.46. The number of hydrogen-bond acceptors (Lipinski definition) is 2. The Balaban J connectivity index is 2.76. The lowest BCUT2D eigenvalue weighted by atomic mass is 10.1. The number of halogens is 1. The van der Waals surface area contributed by atoms with Crippen LogP contribution in [0.5, 0.6) is 0 Å². The normalized spacial score (nSPS) is 11.0. The van der Waals surface area contributed by atoms with E-state index in [1.54, 1.807) is 0 Å². The summed E-state index contributed by atoms with van der Waals surface area (Å²) in [5, 5.41) is 0. The van der Waals surface area contributed by atoms with Crippen LogP contribution in [0, 0.1) is 5.92 Å². The first-order chi connectivity index (χ1) is 7.13. The van der Waals surface area contributed by atoms with E-state index in [0.717, 1.165) is 16.8 Å². The highest BCUT2D eigenvalue weighted by Gasteiger charge is 2.04. The van der Waals surface area contributed by atoms with Gasteiger partial charge in [-0.1, -0.05) is 29.8 Å². The fourth-order valence-electron chi connectivity index (χ4n) is 1.30. The fraction of sp³-hybridized carbons (Fsp3) is 0.500. The second-order valence-electron chi connectivity index (χ2n) is 4.00. The standard InChI is InChI=1S/C12H18BrNS/c1-9(2)8-15-12-4-3-11(13)7-10(12)5-6-14/h3-4,7,9H,5-6,8,14H2,1-2H3. The van der Waals surface area contributed by atoms with Crippen molar-refractivity contribution in [2.45, 2.75) is 25.2 Å². The summed E-state index contributed by atoms with van der Waals surface area (Å²) < 4.78 is 1.14. The second-order valence-corrected chi connectivity index (χ2v) is 5.97.